The van der Waals surface area contributed by atoms with Crippen molar-refractivity contribution in [3.63, 3.8) is 0 Å². The van der Waals surface area contributed by atoms with Gasteiger partial charge in [0.2, 0.25) is 0 Å². The van der Waals surface area contributed by atoms with E-state index in [0.29, 0.717) is 15.8 Å². The van der Waals surface area contributed by atoms with Crippen molar-refractivity contribution >= 4 is 72.3 Å². The number of thiophene rings is 1. The molecule has 0 saturated carbocycles. The van der Waals surface area contributed by atoms with Gasteiger partial charge in [0.25, 0.3) is 5.91 Å². The zero-order chi connectivity index (χ0) is 19.0. The monoisotopic (exact) mass is 458 g/mol. The zero-order valence-corrected chi connectivity index (χ0v) is 16.0. The van der Waals surface area contributed by atoms with Crippen LogP contribution in [0.1, 0.15) is 20.2 Å². The Balaban J connectivity index is 1.90. The summed E-state index contributed by atoms with van der Waals surface area (Å²) in [6.07, 6.45) is 0. The third-order valence-corrected chi connectivity index (χ3v) is 5.73. The van der Waals surface area contributed by atoms with Crippen LogP contribution in [0.15, 0.2) is 22.7 Å². The summed E-state index contributed by atoms with van der Waals surface area (Å²) in [7, 11) is 1.26. The van der Waals surface area contributed by atoms with Gasteiger partial charge in [-0.2, -0.15) is 0 Å². The molecular formula is C14H8BrClN4O5S. The molecule has 0 atom stereocenters. The number of nitrogens with zero attached hydrogens (tertiary/aromatic N) is 2. The number of esters is 1. The molecule has 2 aromatic heterocycles. The molecule has 0 radical (unpaired) electrons. The van der Waals surface area contributed by atoms with E-state index < -0.39 is 22.6 Å². The minimum Gasteiger partial charge on any atom is -0.465 e. The largest absolute Gasteiger partial charge is 0.465 e. The molecule has 0 aliphatic rings. The molecule has 0 bridgehead atoms. The van der Waals surface area contributed by atoms with E-state index in [0.717, 1.165) is 11.3 Å². The standard InChI is InChI=1S/C14H8BrClN4O5S/c1-25-14(22)11-9(16)6-3-2-5(4-7(6)26-11)17-13(21)10-8(15)12(19-18-10)20(23)24/h2-4H,1H3,(H,17,21)(H,18,19). The average Bonchev–Trinajstić information content (AvgIpc) is 3.14. The van der Waals surface area contributed by atoms with Gasteiger partial charge in [-0.05, 0) is 39.1 Å². The van der Waals surface area contributed by atoms with E-state index in [9.17, 15) is 19.7 Å². The molecule has 0 aliphatic carbocycles. The number of carbonyl (C=O) groups excluding carboxylic acids is 2. The maximum absolute atomic E-state index is 12.3. The predicted octanol–water partition coefficient (Wildman–Crippen LogP) is 3.99. The van der Waals surface area contributed by atoms with Crippen LogP contribution in [-0.4, -0.2) is 34.1 Å². The van der Waals surface area contributed by atoms with Crippen LogP contribution in [0, 0.1) is 10.1 Å². The number of halogens is 2. The Bertz CT molecular complexity index is 1060. The number of amides is 1. The summed E-state index contributed by atoms with van der Waals surface area (Å²) in [5.74, 6) is -1.61. The Hall–Kier alpha value is -2.50. The van der Waals surface area contributed by atoms with Gasteiger partial charge in [-0.3, -0.25) is 4.79 Å². The molecule has 134 valence electrons. The van der Waals surface area contributed by atoms with Crippen LogP contribution >= 0.6 is 38.9 Å². The fourth-order valence-electron chi connectivity index (χ4n) is 2.15. The van der Waals surface area contributed by atoms with E-state index in [4.69, 9.17) is 11.6 Å². The molecule has 0 unspecified atom stereocenters. The molecule has 2 N–H and O–H groups in total. The number of nitro groups is 1. The van der Waals surface area contributed by atoms with Gasteiger partial charge >= 0.3 is 11.8 Å². The lowest BCUT2D eigenvalue weighted by molar-refractivity contribution is -0.390. The first-order valence-corrected chi connectivity index (χ1v) is 8.82. The summed E-state index contributed by atoms with van der Waals surface area (Å²) in [6, 6.07) is 4.87. The molecule has 2 heterocycles. The van der Waals surface area contributed by atoms with E-state index >= 15 is 0 Å². The smallest absolute Gasteiger partial charge is 0.357 e. The van der Waals surface area contributed by atoms with Gasteiger partial charge in [0, 0.05) is 15.8 Å². The van der Waals surface area contributed by atoms with Crippen LogP contribution in [0.2, 0.25) is 5.02 Å². The van der Waals surface area contributed by atoms with E-state index in [-0.39, 0.29) is 20.1 Å². The molecule has 9 nitrogen and oxygen atoms in total. The van der Waals surface area contributed by atoms with Crippen molar-refractivity contribution in [2.45, 2.75) is 0 Å². The van der Waals surface area contributed by atoms with Crippen molar-refractivity contribution in [1.29, 1.82) is 0 Å². The number of carbonyl (C=O) groups is 2. The van der Waals surface area contributed by atoms with Gasteiger partial charge < -0.3 is 20.2 Å². The second-order valence-electron chi connectivity index (χ2n) is 4.89. The first-order valence-electron chi connectivity index (χ1n) is 6.83. The van der Waals surface area contributed by atoms with Gasteiger partial charge in [-0.15, -0.1) is 16.4 Å². The molecule has 0 saturated heterocycles. The van der Waals surface area contributed by atoms with Crippen LogP contribution < -0.4 is 5.32 Å². The van der Waals surface area contributed by atoms with Crippen LogP contribution in [0.4, 0.5) is 11.5 Å². The van der Waals surface area contributed by atoms with Crippen molar-refractivity contribution in [3.05, 3.63) is 48.4 Å². The summed E-state index contributed by atoms with van der Waals surface area (Å²) in [4.78, 5) is 34.4. The van der Waals surface area contributed by atoms with Crippen molar-refractivity contribution < 1.29 is 19.2 Å². The number of anilines is 1. The Morgan fingerprint density at radius 3 is 2.81 bits per heavy atom. The molecule has 3 aromatic rings. The second kappa shape index (κ2) is 7.02. The highest BCUT2D eigenvalue weighted by Gasteiger charge is 2.25. The van der Waals surface area contributed by atoms with Crippen LogP contribution in [0.5, 0.6) is 0 Å². The number of rotatable bonds is 4. The highest BCUT2D eigenvalue weighted by molar-refractivity contribution is 9.10. The Labute approximate surface area is 162 Å². The summed E-state index contributed by atoms with van der Waals surface area (Å²) in [6.45, 7) is 0. The number of ether oxygens (including phenoxy) is 1. The maximum Gasteiger partial charge on any atom is 0.357 e. The van der Waals surface area contributed by atoms with Gasteiger partial charge in [-0.1, -0.05) is 16.7 Å². The topological polar surface area (TPSA) is 127 Å². The summed E-state index contributed by atoms with van der Waals surface area (Å²) < 4.78 is 5.30. The molecule has 0 aliphatic heterocycles. The number of benzene rings is 1. The van der Waals surface area contributed by atoms with Crippen molar-refractivity contribution in [2.24, 2.45) is 0 Å². The van der Waals surface area contributed by atoms with Crippen LogP contribution in [0.25, 0.3) is 10.1 Å². The van der Waals surface area contributed by atoms with E-state index in [1.165, 1.54) is 7.11 Å². The molecular weight excluding hydrogens is 452 g/mol. The Kier molecular flexibility index (Phi) is 4.94. The number of hydrogen-bond donors (Lipinski definition) is 2. The third kappa shape index (κ3) is 3.16. The summed E-state index contributed by atoms with van der Waals surface area (Å²) >= 11 is 10.3. The highest BCUT2D eigenvalue weighted by atomic mass is 79.9. The van der Waals surface area contributed by atoms with Gasteiger partial charge in [-0.25, -0.2) is 4.79 Å². The maximum atomic E-state index is 12.3. The molecule has 0 fully saturated rings. The lowest BCUT2D eigenvalue weighted by Gasteiger charge is -2.03. The molecule has 1 aromatic carbocycles. The number of aromatic amines is 1. The average molecular weight is 460 g/mol. The Morgan fingerprint density at radius 1 is 1.46 bits per heavy atom. The number of aromatic nitrogens is 2. The number of fused-ring (bicyclic) bond motifs is 1. The third-order valence-electron chi connectivity index (χ3n) is 3.35. The first-order chi connectivity index (χ1) is 12.3. The number of nitrogens with one attached hydrogen (secondary N) is 2. The van der Waals surface area contributed by atoms with E-state index in [1.807, 2.05) is 0 Å². The highest BCUT2D eigenvalue weighted by Crippen LogP contribution is 2.37. The Morgan fingerprint density at radius 2 is 2.19 bits per heavy atom. The van der Waals surface area contributed by atoms with Crippen molar-refractivity contribution in [2.75, 3.05) is 12.4 Å². The van der Waals surface area contributed by atoms with Gasteiger partial charge in [0.1, 0.15) is 9.35 Å². The molecule has 0 spiro atoms. The molecule has 12 heteroatoms. The molecule has 3 rings (SSSR count). The van der Waals surface area contributed by atoms with Gasteiger partial charge in [0.15, 0.2) is 5.69 Å². The summed E-state index contributed by atoms with van der Waals surface area (Å²) in [5.41, 5.74) is 0.255. The quantitative estimate of drug-likeness (QED) is 0.345. The predicted molar refractivity (Wildman–Crippen MR) is 99.1 cm³/mol. The number of methoxy groups -OCH3 is 1. The fraction of sp³-hybridized carbons (Fsp3) is 0.0714. The van der Waals surface area contributed by atoms with Crippen molar-refractivity contribution in [3.8, 4) is 0 Å². The SMILES string of the molecule is COC(=O)c1sc2cc(NC(=O)c3n[nH]c([N+](=O)[O-])c3Br)ccc2c1Cl. The minimum atomic E-state index is -0.693. The number of H-pyrrole nitrogens is 1. The lowest BCUT2D eigenvalue weighted by atomic mass is 10.2. The normalized spacial score (nSPS) is 10.7. The fourth-order valence-corrected chi connectivity index (χ4v) is 4.12. The number of hydrogen-bond acceptors (Lipinski definition) is 7. The summed E-state index contributed by atoms with van der Waals surface area (Å²) in [5, 5.41) is 20.1. The van der Waals surface area contributed by atoms with E-state index in [1.54, 1.807) is 18.2 Å². The van der Waals surface area contributed by atoms with Crippen LogP contribution in [-0.2, 0) is 4.74 Å². The second-order valence-corrected chi connectivity index (χ2v) is 7.12. The van der Waals surface area contributed by atoms with Gasteiger partial charge in [0.05, 0.1) is 12.1 Å². The molecule has 26 heavy (non-hydrogen) atoms. The van der Waals surface area contributed by atoms with Crippen molar-refractivity contribution in [1.82, 2.24) is 10.2 Å². The minimum absolute atomic E-state index is 0.0479. The molecule has 1 amide bonds. The zero-order valence-electron chi connectivity index (χ0n) is 12.8. The first kappa shape index (κ1) is 18.3. The van der Waals surface area contributed by atoms with E-state index in [2.05, 4.69) is 36.2 Å². The lowest BCUT2D eigenvalue weighted by Crippen LogP contribution is -2.12. The van der Waals surface area contributed by atoms with Crippen LogP contribution in [0.3, 0.4) is 0 Å².